The number of fused-ring (bicyclic) bond motifs is 1. The number of ether oxygens (including phenoxy) is 1. The van der Waals surface area contributed by atoms with E-state index >= 15 is 0 Å². The molecule has 1 N–H and O–H groups in total. The number of rotatable bonds is 4. The van der Waals surface area contributed by atoms with Gasteiger partial charge in [-0.25, -0.2) is 9.18 Å². The maximum Gasteiger partial charge on any atom is 0.320 e. The SMILES string of the molecule is C=C(CN1CC2(C1)CN(C(=O)N1CC[C@@H]3OCC(=O)N[C@@H]3C1)C2)/C(Cl)=C\C(F)=C/C. The Bertz CT molecular complexity index is 800. The van der Waals surface area contributed by atoms with Gasteiger partial charge >= 0.3 is 6.03 Å². The van der Waals surface area contributed by atoms with Crippen LogP contribution in [-0.4, -0.2) is 91.2 Å². The van der Waals surface area contributed by atoms with Crippen LogP contribution >= 0.6 is 11.6 Å². The number of nitrogens with zero attached hydrogens (tertiary/aromatic N) is 3. The smallest absolute Gasteiger partial charge is 0.320 e. The molecule has 164 valence electrons. The van der Waals surface area contributed by atoms with Gasteiger partial charge in [0.25, 0.3) is 0 Å². The normalized spacial score (nSPS) is 29.1. The average Bonchev–Trinajstić information content (AvgIpc) is 2.67. The van der Waals surface area contributed by atoms with Crippen LogP contribution in [0.5, 0.6) is 0 Å². The van der Waals surface area contributed by atoms with Crippen LogP contribution in [0.3, 0.4) is 0 Å². The van der Waals surface area contributed by atoms with Crippen molar-refractivity contribution in [3.63, 3.8) is 0 Å². The predicted molar refractivity (Wildman–Crippen MR) is 112 cm³/mol. The average molecular weight is 439 g/mol. The van der Waals surface area contributed by atoms with Crippen LogP contribution in [0.25, 0.3) is 0 Å². The molecule has 0 bridgehead atoms. The molecule has 9 heteroatoms. The number of morpholine rings is 1. The fraction of sp³-hybridized carbons (Fsp3) is 0.619. The lowest BCUT2D eigenvalue weighted by molar-refractivity contribution is -0.140. The van der Waals surface area contributed by atoms with E-state index in [0.717, 1.165) is 32.6 Å². The number of piperidine rings is 1. The Morgan fingerprint density at radius 2 is 2.10 bits per heavy atom. The van der Waals surface area contributed by atoms with E-state index in [9.17, 15) is 14.0 Å². The number of carbonyl (C=O) groups excluding carboxylic acids is 2. The Labute approximate surface area is 181 Å². The molecule has 0 aliphatic carbocycles. The Kier molecular flexibility index (Phi) is 5.92. The number of urea groups is 1. The summed E-state index contributed by atoms with van der Waals surface area (Å²) in [5, 5.41) is 3.26. The molecule has 4 fully saturated rings. The highest BCUT2D eigenvalue weighted by Crippen LogP contribution is 2.41. The number of nitrogens with one attached hydrogen (secondary N) is 1. The summed E-state index contributed by atoms with van der Waals surface area (Å²) in [5.41, 5.74) is 0.830. The highest BCUT2D eigenvalue weighted by molar-refractivity contribution is 6.32. The van der Waals surface area contributed by atoms with Crippen molar-refractivity contribution in [2.45, 2.75) is 25.5 Å². The van der Waals surface area contributed by atoms with Gasteiger partial charge in [0.05, 0.1) is 12.1 Å². The highest BCUT2D eigenvalue weighted by atomic mass is 35.5. The molecule has 7 nitrogen and oxygen atoms in total. The summed E-state index contributed by atoms with van der Waals surface area (Å²) in [4.78, 5) is 30.3. The van der Waals surface area contributed by atoms with Gasteiger partial charge < -0.3 is 19.9 Å². The number of allylic oxidation sites excluding steroid dienone is 3. The Morgan fingerprint density at radius 1 is 1.37 bits per heavy atom. The van der Waals surface area contributed by atoms with Crippen molar-refractivity contribution in [2.75, 3.05) is 52.4 Å². The van der Waals surface area contributed by atoms with Crippen LogP contribution in [0, 0.1) is 5.41 Å². The predicted octanol–water partition coefficient (Wildman–Crippen LogP) is 1.87. The highest BCUT2D eigenvalue weighted by Gasteiger charge is 2.54. The number of hydrogen-bond acceptors (Lipinski definition) is 4. The molecule has 4 aliphatic heterocycles. The first-order chi connectivity index (χ1) is 14.3. The monoisotopic (exact) mass is 438 g/mol. The summed E-state index contributed by atoms with van der Waals surface area (Å²) in [6, 6.07) is -0.0795. The second kappa shape index (κ2) is 8.32. The van der Waals surface area contributed by atoms with Crippen molar-refractivity contribution in [3.05, 3.63) is 35.2 Å². The third-order valence-electron chi connectivity index (χ3n) is 6.33. The molecule has 2 atom stereocenters. The quantitative estimate of drug-likeness (QED) is 0.680. The molecular weight excluding hydrogens is 411 g/mol. The molecule has 0 aromatic rings. The Morgan fingerprint density at radius 3 is 2.80 bits per heavy atom. The molecule has 30 heavy (non-hydrogen) atoms. The van der Waals surface area contributed by atoms with Crippen molar-refractivity contribution in [2.24, 2.45) is 5.41 Å². The first-order valence-corrected chi connectivity index (χ1v) is 10.7. The molecule has 0 radical (unpaired) electrons. The largest absolute Gasteiger partial charge is 0.366 e. The summed E-state index contributed by atoms with van der Waals surface area (Å²) in [5.74, 6) is -0.495. The van der Waals surface area contributed by atoms with Crippen LogP contribution < -0.4 is 5.32 Å². The zero-order valence-corrected chi connectivity index (χ0v) is 18.0. The minimum Gasteiger partial charge on any atom is -0.366 e. The molecule has 3 amide bonds. The molecule has 4 rings (SSSR count). The molecule has 4 saturated heterocycles. The Hall–Kier alpha value is -1.90. The van der Waals surface area contributed by atoms with E-state index in [-0.39, 0.29) is 41.9 Å². The summed E-state index contributed by atoms with van der Waals surface area (Å²) in [7, 11) is 0. The zero-order chi connectivity index (χ0) is 21.5. The van der Waals surface area contributed by atoms with E-state index in [0.29, 0.717) is 30.2 Å². The Balaban J connectivity index is 1.21. The third-order valence-corrected chi connectivity index (χ3v) is 6.70. The lowest BCUT2D eigenvalue weighted by atomic mass is 9.73. The van der Waals surface area contributed by atoms with Crippen LogP contribution in [0.4, 0.5) is 9.18 Å². The van der Waals surface area contributed by atoms with Gasteiger partial charge in [0.2, 0.25) is 5.91 Å². The van der Waals surface area contributed by atoms with E-state index < -0.39 is 0 Å². The van der Waals surface area contributed by atoms with Gasteiger partial charge in [-0.3, -0.25) is 9.69 Å². The van der Waals surface area contributed by atoms with Gasteiger partial charge in [0, 0.05) is 56.3 Å². The topological polar surface area (TPSA) is 65.1 Å². The van der Waals surface area contributed by atoms with E-state index in [1.807, 2.05) is 9.80 Å². The van der Waals surface area contributed by atoms with Crippen LogP contribution in [-0.2, 0) is 9.53 Å². The van der Waals surface area contributed by atoms with Crippen LogP contribution in [0.2, 0.25) is 0 Å². The maximum absolute atomic E-state index is 13.3. The van der Waals surface area contributed by atoms with Gasteiger partial charge in [-0.15, -0.1) is 0 Å². The van der Waals surface area contributed by atoms with E-state index in [4.69, 9.17) is 16.3 Å². The first kappa shape index (κ1) is 21.3. The van der Waals surface area contributed by atoms with Gasteiger partial charge in [0.1, 0.15) is 12.4 Å². The molecular formula is C21H28ClFN4O3. The summed E-state index contributed by atoms with van der Waals surface area (Å²) >= 11 is 6.12. The molecule has 1 spiro atoms. The van der Waals surface area contributed by atoms with Crippen molar-refractivity contribution >= 4 is 23.5 Å². The number of halogens is 2. The van der Waals surface area contributed by atoms with Gasteiger partial charge in [-0.2, -0.15) is 0 Å². The summed E-state index contributed by atoms with van der Waals surface area (Å²) in [6.07, 6.45) is 3.39. The van der Waals surface area contributed by atoms with Gasteiger partial charge in [-0.05, 0) is 25.0 Å². The van der Waals surface area contributed by atoms with Crippen LogP contribution in [0.15, 0.2) is 35.2 Å². The number of likely N-dealkylation sites (tertiary alicyclic amines) is 3. The van der Waals surface area contributed by atoms with Crippen molar-refractivity contribution in [3.8, 4) is 0 Å². The lowest BCUT2D eigenvalue weighted by Gasteiger charge is -2.61. The number of hydrogen-bond donors (Lipinski definition) is 1. The van der Waals surface area contributed by atoms with E-state index in [1.165, 1.54) is 12.2 Å². The van der Waals surface area contributed by atoms with Crippen molar-refractivity contribution in [1.29, 1.82) is 0 Å². The fourth-order valence-electron chi connectivity index (χ4n) is 4.84. The molecule has 0 unspecified atom stereocenters. The number of carbonyl (C=O) groups is 2. The zero-order valence-electron chi connectivity index (χ0n) is 17.2. The van der Waals surface area contributed by atoms with E-state index in [2.05, 4.69) is 16.8 Å². The van der Waals surface area contributed by atoms with Crippen molar-refractivity contribution in [1.82, 2.24) is 20.0 Å². The summed E-state index contributed by atoms with van der Waals surface area (Å²) in [6.45, 7) is 10.6. The second-order valence-corrected chi connectivity index (χ2v) is 9.22. The fourth-order valence-corrected chi connectivity index (χ4v) is 5.00. The van der Waals surface area contributed by atoms with Gasteiger partial charge in [-0.1, -0.05) is 24.3 Å². The number of amides is 3. The standard InChI is InChI=1S/C21H28ClFN4O3/c1-3-15(23)6-16(22)14(2)7-25-10-21(11-25)12-27(13-21)20(29)26-5-4-18-17(8-26)24-19(28)9-30-18/h3,6,17-18H,2,4-5,7-13H2,1H3,(H,24,28)/b15-3+,16-6+/t17-,18+/m1/s1. The summed E-state index contributed by atoms with van der Waals surface area (Å²) < 4.78 is 18.9. The first-order valence-electron chi connectivity index (χ1n) is 10.3. The van der Waals surface area contributed by atoms with Gasteiger partial charge in [0.15, 0.2) is 0 Å². The van der Waals surface area contributed by atoms with Crippen LogP contribution in [0.1, 0.15) is 13.3 Å². The third kappa shape index (κ3) is 4.26. The minimum atomic E-state index is -0.377. The lowest BCUT2D eigenvalue weighted by Crippen LogP contribution is -2.74. The maximum atomic E-state index is 13.3. The molecule has 4 heterocycles. The molecule has 4 aliphatic rings. The second-order valence-electron chi connectivity index (χ2n) is 8.81. The minimum absolute atomic E-state index is 0.00457. The molecule has 0 aromatic heterocycles. The molecule has 0 saturated carbocycles. The molecule has 0 aromatic carbocycles. The van der Waals surface area contributed by atoms with Crippen molar-refractivity contribution < 1.29 is 18.7 Å². The van der Waals surface area contributed by atoms with E-state index in [1.54, 1.807) is 6.92 Å².